The van der Waals surface area contributed by atoms with Gasteiger partial charge in [-0.05, 0) is 19.4 Å². The van der Waals surface area contributed by atoms with Crippen molar-refractivity contribution >= 4 is 5.97 Å². The standard InChI is InChI=1S/C13H23NO3/c1-8(2)4-13(16)17-10-5-9-6-12(15)11(7-10)14(9)3/h8-12,15H,4-7H2,1-3H3/t9-,10-,11+,12-/m1/s1. The Morgan fingerprint density at radius 2 is 2.12 bits per heavy atom. The summed E-state index contributed by atoms with van der Waals surface area (Å²) in [5.41, 5.74) is 0. The number of aliphatic hydroxyl groups is 1. The van der Waals surface area contributed by atoms with Crippen LogP contribution in [0.3, 0.4) is 0 Å². The third kappa shape index (κ3) is 2.80. The summed E-state index contributed by atoms with van der Waals surface area (Å²) < 4.78 is 5.50. The predicted octanol–water partition coefficient (Wildman–Crippen LogP) is 1.17. The molecule has 0 saturated carbocycles. The van der Waals surface area contributed by atoms with E-state index in [0.29, 0.717) is 18.4 Å². The highest BCUT2D eigenvalue weighted by Gasteiger charge is 2.45. The number of nitrogens with zero attached hydrogens (tertiary/aromatic N) is 1. The molecule has 2 saturated heterocycles. The van der Waals surface area contributed by atoms with Crippen LogP contribution in [0.2, 0.25) is 0 Å². The molecule has 2 aliphatic heterocycles. The van der Waals surface area contributed by atoms with Crippen LogP contribution in [0.5, 0.6) is 0 Å². The number of rotatable bonds is 3. The van der Waals surface area contributed by atoms with Crippen molar-refractivity contribution < 1.29 is 14.6 Å². The second kappa shape index (κ2) is 4.94. The Balaban J connectivity index is 1.87. The molecule has 0 unspecified atom stereocenters. The lowest BCUT2D eigenvalue weighted by atomic mass is 10.00. The number of hydrogen-bond donors (Lipinski definition) is 1. The molecule has 4 heteroatoms. The van der Waals surface area contributed by atoms with Crippen LogP contribution < -0.4 is 0 Å². The average Bonchev–Trinajstić information content (AvgIpc) is 2.39. The molecular weight excluding hydrogens is 218 g/mol. The van der Waals surface area contributed by atoms with Crippen LogP contribution in [0.4, 0.5) is 0 Å². The number of aliphatic hydroxyl groups excluding tert-OH is 1. The summed E-state index contributed by atoms with van der Waals surface area (Å²) in [7, 11) is 2.05. The van der Waals surface area contributed by atoms with Crippen LogP contribution >= 0.6 is 0 Å². The van der Waals surface area contributed by atoms with Gasteiger partial charge in [0.15, 0.2) is 0 Å². The van der Waals surface area contributed by atoms with Gasteiger partial charge in [0.05, 0.1) is 6.10 Å². The van der Waals surface area contributed by atoms with Gasteiger partial charge in [-0.3, -0.25) is 9.69 Å². The fourth-order valence-electron chi connectivity index (χ4n) is 3.06. The van der Waals surface area contributed by atoms with Crippen molar-refractivity contribution in [1.29, 1.82) is 0 Å². The molecule has 4 nitrogen and oxygen atoms in total. The molecule has 0 amide bonds. The smallest absolute Gasteiger partial charge is 0.306 e. The van der Waals surface area contributed by atoms with Gasteiger partial charge in [0.2, 0.25) is 0 Å². The van der Waals surface area contributed by atoms with Crippen LogP contribution in [-0.4, -0.2) is 47.3 Å². The van der Waals surface area contributed by atoms with E-state index >= 15 is 0 Å². The maximum Gasteiger partial charge on any atom is 0.306 e. The molecule has 0 aromatic rings. The first kappa shape index (κ1) is 12.8. The summed E-state index contributed by atoms with van der Waals surface area (Å²) in [6.07, 6.45) is 2.71. The van der Waals surface area contributed by atoms with Crippen molar-refractivity contribution in [3.63, 3.8) is 0 Å². The number of esters is 1. The number of likely N-dealkylation sites (N-methyl/N-ethyl adjacent to an activating group) is 1. The van der Waals surface area contributed by atoms with Gasteiger partial charge < -0.3 is 9.84 Å². The van der Waals surface area contributed by atoms with Gasteiger partial charge in [0.25, 0.3) is 0 Å². The van der Waals surface area contributed by atoms with Crippen LogP contribution in [0, 0.1) is 5.92 Å². The minimum atomic E-state index is -0.251. The molecule has 98 valence electrons. The molecule has 2 fully saturated rings. The fraction of sp³-hybridized carbons (Fsp3) is 0.923. The Morgan fingerprint density at radius 1 is 1.41 bits per heavy atom. The minimum absolute atomic E-state index is 0.00426. The Bertz CT molecular complexity index is 292. The van der Waals surface area contributed by atoms with E-state index in [1.165, 1.54) is 0 Å². The van der Waals surface area contributed by atoms with Gasteiger partial charge >= 0.3 is 5.97 Å². The van der Waals surface area contributed by atoms with Crippen molar-refractivity contribution in [3.8, 4) is 0 Å². The summed E-state index contributed by atoms with van der Waals surface area (Å²) in [6, 6.07) is 0.547. The highest BCUT2D eigenvalue weighted by Crippen LogP contribution is 2.35. The number of hydrogen-bond acceptors (Lipinski definition) is 4. The lowest BCUT2D eigenvalue weighted by Crippen LogP contribution is -2.45. The average molecular weight is 241 g/mol. The molecule has 2 heterocycles. The van der Waals surface area contributed by atoms with Gasteiger partial charge in [-0.15, -0.1) is 0 Å². The van der Waals surface area contributed by atoms with Crippen molar-refractivity contribution in [2.45, 2.75) is 63.8 Å². The first-order chi connectivity index (χ1) is 7.97. The summed E-state index contributed by atoms with van der Waals surface area (Å²) >= 11 is 0. The van der Waals surface area contributed by atoms with E-state index in [4.69, 9.17) is 4.74 Å². The van der Waals surface area contributed by atoms with E-state index in [9.17, 15) is 9.90 Å². The summed E-state index contributed by atoms with van der Waals surface area (Å²) in [6.45, 7) is 4.03. The molecule has 1 N–H and O–H groups in total. The quantitative estimate of drug-likeness (QED) is 0.754. The lowest BCUT2D eigenvalue weighted by molar-refractivity contribution is -0.153. The zero-order valence-electron chi connectivity index (χ0n) is 10.9. The van der Waals surface area contributed by atoms with E-state index in [2.05, 4.69) is 11.9 Å². The van der Waals surface area contributed by atoms with E-state index in [1.54, 1.807) is 0 Å². The SMILES string of the molecule is CC(C)CC(=O)O[C@@H]1C[C@@H]2C[C@@H](O)[C@H](C1)N2C. The van der Waals surface area contributed by atoms with E-state index in [1.807, 2.05) is 13.8 Å². The third-order valence-corrected chi connectivity index (χ3v) is 3.97. The maximum absolute atomic E-state index is 11.6. The van der Waals surface area contributed by atoms with Gasteiger partial charge in [-0.1, -0.05) is 13.8 Å². The second-order valence-corrected chi connectivity index (χ2v) is 5.87. The Morgan fingerprint density at radius 3 is 2.71 bits per heavy atom. The number of carbonyl (C=O) groups is 1. The van der Waals surface area contributed by atoms with Crippen molar-refractivity contribution in [2.24, 2.45) is 5.92 Å². The molecule has 0 radical (unpaired) electrons. The van der Waals surface area contributed by atoms with Crippen molar-refractivity contribution in [2.75, 3.05) is 7.05 Å². The normalized spacial score (nSPS) is 37.5. The largest absolute Gasteiger partial charge is 0.462 e. The first-order valence-electron chi connectivity index (χ1n) is 6.57. The van der Waals surface area contributed by atoms with Crippen LogP contribution in [0.15, 0.2) is 0 Å². The number of carbonyl (C=O) groups excluding carboxylic acids is 1. The molecule has 0 aromatic carbocycles. The minimum Gasteiger partial charge on any atom is -0.462 e. The number of piperidine rings is 1. The zero-order valence-corrected chi connectivity index (χ0v) is 10.9. The number of fused-ring (bicyclic) bond motifs is 2. The van der Waals surface area contributed by atoms with Crippen LogP contribution in [-0.2, 0) is 9.53 Å². The van der Waals surface area contributed by atoms with E-state index < -0.39 is 0 Å². The molecular formula is C13H23NO3. The lowest BCUT2D eigenvalue weighted by Gasteiger charge is -2.36. The molecule has 2 aliphatic rings. The molecule has 4 atom stereocenters. The Kier molecular flexibility index (Phi) is 3.73. The first-order valence-corrected chi connectivity index (χ1v) is 6.57. The Labute approximate surface area is 103 Å². The summed E-state index contributed by atoms with van der Waals surface area (Å²) in [5, 5.41) is 9.88. The van der Waals surface area contributed by atoms with Crippen LogP contribution in [0.1, 0.15) is 39.5 Å². The monoisotopic (exact) mass is 241 g/mol. The summed E-state index contributed by atoms with van der Waals surface area (Å²) in [5.74, 6) is 0.250. The fourth-order valence-corrected chi connectivity index (χ4v) is 3.06. The maximum atomic E-state index is 11.6. The van der Waals surface area contributed by atoms with E-state index in [-0.39, 0.29) is 24.2 Å². The summed E-state index contributed by atoms with van der Waals surface area (Å²) in [4.78, 5) is 13.9. The molecule has 0 aliphatic carbocycles. The van der Waals surface area contributed by atoms with Gasteiger partial charge in [0, 0.05) is 31.3 Å². The van der Waals surface area contributed by atoms with Gasteiger partial charge in [-0.25, -0.2) is 0 Å². The second-order valence-electron chi connectivity index (χ2n) is 5.87. The molecule has 17 heavy (non-hydrogen) atoms. The molecule has 0 aromatic heterocycles. The highest BCUT2D eigenvalue weighted by molar-refractivity contribution is 5.69. The highest BCUT2D eigenvalue weighted by atomic mass is 16.5. The molecule has 0 spiro atoms. The van der Waals surface area contributed by atoms with Gasteiger partial charge in [-0.2, -0.15) is 0 Å². The van der Waals surface area contributed by atoms with Crippen LogP contribution in [0.25, 0.3) is 0 Å². The molecule has 2 bridgehead atoms. The zero-order chi connectivity index (χ0) is 12.6. The topological polar surface area (TPSA) is 49.8 Å². The van der Waals surface area contributed by atoms with Gasteiger partial charge in [0.1, 0.15) is 6.10 Å². The van der Waals surface area contributed by atoms with Crippen molar-refractivity contribution in [1.82, 2.24) is 4.90 Å². The van der Waals surface area contributed by atoms with E-state index in [0.717, 1.165) is 19.3 Å². The third-order valence-electron chi connectivity index (χ3n) is 3.97. The predicted molar refractivity (Wildman–Crippen MR) is 64.5 cm³/mol. The molecule has 2 rings (SSSR count). The van der Waals surface area contributed by atoms with Crippen molar-refractivity contribution in [3.05, 3.63) is 0 Å². The Hall–Kier alpha value is -0.610. The number of ether oxygens (including phenoxy) is 1.